The summed E-state index contributed by atoms with van der Waals surface area (Å²) >= 11 is 0. The molecule has 25 heavy (non-hydrogen) atoms. The molecule has 1 aromatic carbocycles. The number of aromatic nitrogens is 3. The van der Waals surface area contributed by atoms with Crippen molar-refractivity contribution in [2.75, 3.05) is 5.32 Å². The molecular formula is C20H24N4O. The van der Waals surface area contributed by atoms with Crippen molar-refractivity contribution in [2.45, 2.75) is 51.5 Å². The standard InChI is InChI=1S/C20H24N4O/c25-20(15-8-3-1-4-9-15)21-17-11-7-10-16(14-17)19-23-22-18-12-5-2-6-13-24(18)19/h1,3,7,10-11,14-15H,2,4-6,8-9,12-13H2,(H,21,25)/t15-/m0/s1. The number of aryl methyl sites for hydroxylation is 1. The average molecular weight is 336 g/mol. The van der Waals surface area contributed by atoms with Gasteiger partial charge in [0.25, 0.3) is 0 Å². The Bertz CT molecular complexity index is 793. The first kappa shape index (κ1) is 16.1. The molecule has 2 aromatic rings. The minimum Gasteiger partial charge on any atom is -0.326 e. The lowest BCUT2D eigenvalue weighted by atomic mass is 9.93. The molecule has 0 bridgehead atoms. The second-order valence-electron chi connectivity index (χ2n) is 6.95. The Kier molecular flexibility index (Phi) is 4.63. The molecule has 1 aliphatic carbocycles. The van der Waals surface area contributed by atoms with Gasteiger partial charge in [0.1, 0.15) is 5.82 Å². The molecule has 0 unspecified atom stereocenters. The van der Waals surface area contributed by atoms with Crippen molar-refractivity contribution in [3.05, 3.63) is 42.2 Å². The maximum absolute atomic E-state index is 12.5. The van der Waals surface area contributed by atoms with Crippen LogP contribution in [-0.2, 0) is 17.8 Å². The summed E-state index contributed by atoms with van der Waals surface area (Å²) in [6.45, 7) is 0.975. The molecule has 1 aromatic heterocycles. The molecule has 4 rings (SSSR count). The van der Waals surface area contributed by atoms with Gasteiger partial charge in [-0.2, -0.15) is 0 Å². The number of allylic oxidation sites excluding steroid dienone is 2. The first-order valence-corrected chi connectivity index (χ1v) is 9.29. The van der Waals surface area contributed by atoms with Gasteiger partial charge in [-0.05, 0) is 44.2 Å². The fourth-order valence-electron chi connectivity index (χ4n) is 3.71. The summed E-state index contributed by atoms with van der Waals surface area (Å²) in [4.78, 5) is 12.5. The summed E-state index contributed by atoms with van der Waals surface area (Å²) < 4.78 is 2.24. The summed E-state index contributed by atoms with van der Waals surface area (Å²) in [5.41, 5.74) is 1.85. The highest BCUT2D eigenvalue weighted by molar-refractivity contribution is 5.93. The van der Waals surface area contributed by atoms with Crippen LogP contribution in [0.5, 0.6) is 0 Å². The summed E-state index contributed by atoms with van der Waals surface area (Å²) in [5, 5.41) is 11.9. The number of rotatable bonds is 3. The van der Waals surface area contributed by atoms with Gasteiger partial charge >= 0.3 is 0 Å². The van der Waals surface area contributed by atoms with Gasteiger partial charge in [-0.1, -0.05) is 30.7 Å². The summed E-state index contributed by atoms with van der Waals surface area (Å²) in [5.74, 6) is 2.18. The lowest BCUT2D eigenvalue weighted by Crippen LogP contribution is -2.23. The number of benzene rings is 1. The van der Waals surface area contributed by atoms with Crippen molar-refractivity contribution < 1.29 is 4.79 Å². The second-order valence-corrected chi connectivity index (χ2v) is 6.95. The first-order chi connectivity index (χ1) is 12.3. The molecular weight excluding hydrogens is 312 g/mol. The fourth-order valence-corrected chi connectivity index (χ4v) is 3.71. The van der Waals surface area contributed by atoms with E-state index in [-0.39, 0.29) is 11.8 Å². The van der Waals surface area contributed by atoms with Crippen molar-refractivity contribution in [2.24, 2.45) is 5.92 Å². The van der Waals surface area contributed by atoms with E-state index in [4.69, 9.17) is 0 Å². The molecule has 0 saturated heterocycles. The highest BCUT2D eigenvalue weighted by Gasteiger charge is 2.20. The van der Waals surface area contributed by atoms with Crippen molar-refractivity contribution in [1.29, 1.82) is 0 Å². The van der Waals surface area contributed by atoms with Crippen LogP contribution in [0.25, 0.3) is 11.4 Å². The topological polar surface area (TPSA) is 59.8 Å². The predicted octanol–water partition coefficient (Wildman–Crippen LogP) is 3.97. The molecule has 0 radical (unpaired) electrons. The molecule has 0 fully saturated rings. The van der Waals surface area contributed by atoms with Crippen LogP contribution in [0.4, 0.5) is 5.69 Å². The van der Waals surface area contributed by atoms with E-state index < -0.39 is 0 Å². The Morgan fingerprint density at radius 3 is 3.00 bits per heavy atom. The van der Waals surface area contributed by atoms with Crippen molar-refractivity contribution in [1.82, 2.24) is 14.8 Å². The van der Waals surface area contributed by atoms with Crippen molar-refractivity contribution in [3.63, 3.8) is 0 Å². The van der Waals surface area contributed by atoms with E-state index in [0.29, 0.717) is 0 Å². The van der Waals surface area contributed by atoms with E-state index in [0.717, 1.165) is 55.1 Å². The third kappa shape index (κ3) is 3.50. The number of hydrogen-bond acceptors (Lipinski definition) is 3. The van der Waals surface area contributed by atoms with Gasteiger partial charge in [0, 0.05) is 30.1 Å². The van der Waals surface area contributed by atoms with E-state index in [1.807, 2.05) is 24.3 Å². The zero-order valence-corrected chi connectivity index (χ0v) is 14.4. The van der Waals surface area contributed by atoms with Crippen LogP contribution in [-0.4, -0.2) is 20.7 Å². The zero-order chi connectivity index (χ0) is 17.1. The van der Waals surface area contributed by atoms with E-state index >= 15 is 0 Å². The molecule has 0 spiro atoms. The van der Waals surface area contributed by atoms with Crippen molar-refractivity contribution in [3.8, 4) is 11.4 Å². The summed E-state index contributed by atoms with van der Waals surface area (Å²) in [6, 6.07) is 7.98. The van der Waals surface area contributed by atoms with Gasteiger partial charge in [-0.3, -0.25) is 4.79 Å². The Labute approximate surface area is 148 Å². The molecule has 2 heterocycles. The lowest BCUT2D eigenvalue weighted by Gasteiger charge is -2.17. The molecule has 5 heteroatoms. The highest BCUT2D eigenvalue weighted by atomic mass is 16.1. The molecule has 130 valence electrons. The predicted molar refractivity (Wildman–Crippen MR) is 98.1 cm³/mol. The van der Waals surface area contributed by atoms with Gasteiger partial charge in [-0.25, -0.2) is 0 Å². The van der Waals surface area contributed by atoms with Crippen molar-refractivity contribution >= 4 is 11.6 Å². The maximum atomic E-state index is 12.5. The van der Waals surface area contributed by atoms with Crippen LogP contribution in [0, 0.1) is 5.92 Å². The first-order valence-electron chi connectivity index (χ1n) is 9.29. The Morgan fingerprint density at radius 2 is 2.12 bits per heavy atom. The minimum absolute atomic E-state index is 0.0815. The highest BCUT2D eigenvalue weighted by Crippen LogP contribution is 2.26. The molecule has 1 N–H and O–H groups in total. The van der Waals surface area contributed by atoms with Gasteiger partial charge in [0.05, 0.1) is 0 Å². The fraction of sp³-hybridized carbons (Fsp3) is 0.450. The Morgan fingerprint density at radius 1 is 1.16 bits per heavy atom. The minimum atomic E-state index is 0.0815. The molecule has 1 atom stereocenters. The smallest absolute Gasteiger partial charge is 0.227 e. The Hall–Kier alpha value is -2.43. The normalized spacial score (nSPS) is 19.9. The zero-order valence-electron chi connectivity index (χ0n) is 14.4. The summed E-state index contributed by atoms with van der Waals surface area (Å²) in [7, 11) is 0. The number of fused-ring (bicyclic) bond motifs is 1. The van der Waals surface area contributed by atoms with Crippen LogP contribution in [0.1, 0.15) is 44.3 Å². The van der Waals surface area contributed by atoms with Crippen LogP contribution >= 0.6 is 0 Å². The number of amides is 1. The second kappa shape index (κ2) is 7.21. The molecule has 1 amide bonds. The third-order valence-electron chi connectivity index (χ3n) is 5.14. The number of hydrogen-bond donors (Lipinski definition) is 1. The number of carbonyl (C=O) groups excluding carboxylic acids is 1. The molecule has 1 aliphatic heterocycles. The van der Waals surface area contributed by atoms with E-state index in [9.17, 15) is 4.79 Å². The molecule has 0 saturated carbocycles. The van der Waals surface area contributed by atoms with Crippen LogP contribution in [0.3, 0.4) is 0 Å². The number of anilines is 1. The SMILES string of the molecule is O=C(Nc1cccc(-c2nnc3n2CCCCC3)c1)[C@H]1CC=CCC1. The van der Waals surface area contributed by atoms with E-state index in [2.05, 4.69) is 32.2 Å². The number of nitrogens with one attached hydrogen (secondary N) is 1. The monoisotopic (exact) mass is 336 g/mol. The average Bonchev–Trinajstić information content (AvgIpc) is 2.91. The van der Waals surface area contributed by atoms with Crippen LogP contribution in [0.2, 0.25) is 0 Å². The lowest BCUT2D eigenvalue weighted by molar-refractivity contribution is -0.120. The summed E-state index contributed by atoms with van der Waals surface area (Å²) in [6.07, 6.45) is 11.6. The van der Waals surface area contributed by atoms with E-state index in [1.54, 1.807) is 0 Å². The third-order valence-corrected chi connectivity index (χ3v) is 5.14. The van der Waals surface area contributed by atoms with Crippen LogP contribution in [0.15, 0.2) is 36.4 Å². The van der Waals surface area contributed by atoms with Crippen LogP contribution < -0.4 is 5.32 Å². The van der Waals surface area contributed by atoms with Gasteiger partial charge in [0.15, 0.2) is 5.82 Å². The van der Waals surface area contributed by atoms with Gasteiger partial charge in [0.2, 0.25) is 5.91 Å². The number of nitrogens with zero attached hydrogens (tertiary/aromatic N) is 3. The Balaban J connectivity index is 1.55. The van der Waals surface area contributed by atoms with E-state index in [1.165, 1.54) is 19.3 Å². The van der Waals surface area contributed by atoms with Gasteiger partial charge < -0.3 is 9.88 Å². The molecule has 2 aliphatic rings. The van der Waals surface area contributed by atoms with Gasteiger partial charge in [-0.15, -0.1) is 10.2 Å². The molecule has 5 nitrogen and oxygen atoms in total. The number of carbonyl (C=O) groups is 1. The maximum Gasteiger partial charge on any atom is 0.227 e. The largest absolute Gasteiger partial charge is 0.326 e. The quantitative estimate of drug-likeness (QED) is 0.863.